The normalized spacial score (nSPS) is 12.2. The van der Waals surface area contributed by atoms with Gasteiger partial charge in [-0.05, 0) is 31.5 Å². The van der Waals surface area contributed by atoms with Crippen LogP contribution in [-0.2, 0) is 0 Å². The summed E-state index contributed by atoms with van der Waals surface area (Å²) in [4.78, 5) is 0. The molecule has 0 radical (unpaired) electrons. The zero-order chi connectivity index (χ0) is 12.7. The van der Waals surface area contributed by atoms with Crippen LogP contribution in [0.15, 0.2) is 18.2 Å². The van der Waals surface area contributed by atoms with Crippen LogP contribution in [-0.4, -0.2) is 19.7 Å². The molecule has 0 heterocycles. The molecule has 0 bridgehead atoms. The highest BCUT2D eigenvalue weighted by atomic mass is 19.1. The molecule has 4 heteroatoms. The third kappa shape index (κ3) is 4.23. The Labute approximate surface area is 102 Å². The van der Waals surface area contributed by atoms with Crippen LogP contribution in [0, 0.1) is 11.7 Å². The molecule has 0 aliphatic rings. The van der Waals surface area contributed by atoms with Gasteiger partial charge in [0, 0.05) is 18.3 Å². The molecular weight excluding hydrogens is 219 g/mol. The minimum atomic E-state index is -0.336. The lowest BCUT2D eigenvalue weighted by atomic mass is 10.1. The van der Waals surface area contributed by atoms with Crippen LogP contribution < -0.4 is 15.8 Å². The molecule has 3 nitrogen and oxygen atoms in total. The molecular formula is C13H21FN2O. The van der Waals surface area contributed by atoms with E-state index in [2.05, 4.69) is 12.2 Å². The molecule has 0 aromatic heterocycles. The maximum Gasteiger partial charge on any atom is 0.167 e. The van der Waals surface area contributed by atoms with Crippen molar-refractivity contribution in [1.29, 1.82) is 0 Å². The van der Waals surface area contributed by atoms with Crippen molar-refractivity contribution in [2.45, 2.75) is 20.3 Å². The fourth-order valence-corrected chi connectivity index (χ4v) is 1.54. The molecule has 17 heavy (non-hydrogen) atoms. The molecule has 0 saturated heterocycles. The van der Waals surface area contributed by atoms with E-state index in [1.165, 1.54) is 6.07 Å². The lowest BCUT2D eigenvalue weighted by molar-refractivity contribution is 0.321. The molecule has 1 rings (SSSR count). The SMILES string of the molecule is CCOc1ccc(NCC(CC)CN)cc1F. The summed E-state index contributed by atoms with van der Waals surface area (Å²) in [6.07, 6.45) is 1.02. The standard InChI is InChI=1S/C13H21FN2O/c1-3-10(8-15)9-16-11-5-6-13(17-4-2)12(14)7-11/h5-7,10,16H,3-4,8-9,15H2,1-2H3. The zero-order valence-corrected chi connectivity index (χ0v) is 10.5. The molecule has 0 fully saturated rings. The van der Waals surface area contributed by atoms with E-state index in [0.29, 0.717) is 24.8 Å². The van der Waals surface area contributed by atoms with Gasteiger partial charge in [-0.3, -0.25) is 0 Å². The number of hydrogen-bond donors (Lipinski definition) is 2. The lowest BCUT2D eigenvalue weighted by Crippen LogP contribution is -2.22. The Kier molecular flexibility index (Phi) is 5.77. The maximum atomic E-state index is 13.5. The fourth-order valence-electron chi connectivity index (χ4n) is 1.54. The van der Waals surface area contributed by atoms with E-state index < -0.39 is 0 Å². The first-order valence-electron chi connectivity index (χ1n) is 6.07. The number of nitrogens with one attached hydrogen (secondary N) is 1. The van der Waals surface area contributed by atoms with Crippen molar-refractivity contribution < 1.29 is 9.13 Å². The van der Waals surface area contributed by atoms with E-state index in [1.54, 1.807) is 6.07 Å². The molecule has 3 N–H and O–H groups in total. The number of hydrogen-bond acceptors (Lipinski definition) is 3. The number of ether oxygens (including phenoxy) is 1. The van der Waals surface area contributed by atoms with Crippen molar-refractivity contribution in [3.63, 3.8) is 0 Å². The van der Waals surface area contributed by atoms with Crippen LogP contribution in [0.1, 0.15) is 20.3 Å². The number of rotatable bonds is 7. The molecule has 1 aromatic carbocycles. The summed E-state index contributed by atoms with van der Waals surface area (Å²) in [5.41, 5.74) is 6.37. The van der Waals surface area contributed by atoms with Crippen molar-refractivity contribution in [3.8, 4) is 5.75 Å². The maximum absolute atomic E-state index is 13.5. The molecule has 1 atom stereocenters. The minimum Gasteiger partial charge on any atom is -0.491 e. The number of halogens is 1. The van der Waals surface area contributed by atoms with Gasteiger partial charge < -0.3 is 15.8 Å². The Bertz CT molecular complexity index is 340. The predicted molar refractivity (Wildman–Crippen MR) is 68.9 cm³/mol. The third-order valence-electron chi connectivity index (χ3n) is 2.74. The van der Waals surface area contributed by atoms with Gasteiger partial charge in [0.25, 0.3) is 0 Å². The number of anilines is 1. The Morgan fingerprint density at radius 2 is 2.18 bits per heavy atom. The van der Waals surface area contributed by atoms with Crippen molar-refractivity contribution in [2.24, 2.45) is 11.7 Å². The van der Waals surface area contributed by atoms with Gasteiger partial charge in [-0.1, -0.05) is 13.3 Å². The van der Waals surface area contributed by atoms with Gasteiger partial charge in [0.1, 0.15) is 0 Å². The first-order chi connectivity index (χ1) is 8.21. The topological polar surface area (TPSA) is 47.3 Å². The summed E-state index contributed by atoms with van der Waals surface area (Å²) >= 11 is 0. The van der Waals surface area contributed by atoms with E-state index in [-0.39, 0.29) is 5.82 Å². The Morgan fingerprint density at radius 3 is 2.71 bits per heavy atom. The van der Waals surface area contributed by atoms with Gasteiger partial charge in [-0.25, -0.2) is 4.39 Å². The predicted octanol–water partition coefficient (Wildman–Crippen LogP) is 2.62. The first-order valence-corrected chi connectivity index (χ1v) is 6.07. The van der Waals surface area contributed by atoms with E-state index in [4.69, 9.17) is 10.5 Å². The summed E-state index contributed by atoms with van der Waals surface area (Å²) in [5.74, 6) is 0.381. The summed E-state index contributed by atoms with van der Waals surface area (Å²) < 4.78 is 18.7. The Hall–Kier alpha value is -1.29. The molecule has 0 aliphatic heterocycles. The van der Waals surface area contributed by atoms with Gasteiger partial charge >= 0.3 is 0 Å². The van der Waals surface area contributed by atoms with Crippen molar-refractivity contribution in [1.82, 2.24) is 0 Å². The average Bonchev–Trinajstić information content (AvgIpc) is 2.34. The quantitative estimate of drug-likeness (QED) is 0.770. The molecule has 0 spiro atoms. The average molecular weight is 240 g/mol. The Balaban J connectivity index is 2.58. The molecule has 1 unspecified atom stereocenters. The second kappa shape index (κ2) is 7.12. The van der Waals surface area contributed by atoms with E-state index in [9.17, 15) is 4.39 Å². The number of benzene rings is 1. The van der Waals surface area contributed by atoms with Crippen LogP contribution in [0.5, 0.6) is 5.75 Å². The van der Waals surface area contributed by atoms with Crippen LogP contribution >= 0.6 is 0 Å². The van der Waals surface area contributed by atoms with Crippen molar-refractivity contribution in [2.75, 3.05) is 25.0 Å². The van der Waals surface area contributed by atoms with Gasteiger partial charge in [-0.15, -0.1) is 0 Å². The monoisotopic (exact) mass is 240 g/mol. The summed E-state index contributed by atoms with van der Waals surface area (Å²) in [6.45, 7) is 5.80. The van der Waals surface area contributed by atoms with Crippen molar-refractivity contribution in [3.05, 3.63) is 24.0 Å². The van der Waals surface area contributed by atoms with Gasteiger partial charge in [-0.2, -0.15) is 0 Å². The highest BCUT2D eigenvalue weighted by Gasteiger charge is 2.06. The van der Waals surface area contributed by atoms with Crippen LogP contribution in [0.4, 0.5) is 10.1 Å². The molecule has 1 aromatic rings. The second-order valence-electron chi connectivity index (χ2n) is 3.97. The summed E-state index contributed by atoms with van der Waals surface area (Å²) in [7, 11) is 0. The third-order valence-corrected chi connectivity index (χ3v) is 2.74. The largest absolute Gasteiger partial charge is 0.491 e. The highest BCUT2D eigenvalue weighted by molar-refractivity contribution is 5.47. The molecule has 0 saturated carbocycles. The van der Waals surface area contributed by atoms with Gasteiger partial charge in [0.15, 0.2) is 11.6 Å². The smallest absolute Gasteiger partial charge is 0.167 e. The van der Waals surface area contributed by atoms with Crippen LogP contribution in [0.25, 0.3) is 0 Å². The molecule has 0 amide bonds. The van der Waals surface area contributed by atoms with Crippen LogP contribution in [0.2, 0.25) is 0 Å². The van der Waals surface area contributed by atoms with E-state index in [0.717, 1.165) is 18.7 Å². The highest BCUT2D eigenvalue weighted by Crippen LogP contribution is 2.21. The fraction of sp³-hybridized carbons (Fsp3) is 0.538. The molecule has 96 valence electrons. The van der Waals surface area contributed by atoms with E-state index >= 15 is 0 Å². The summed E-state index contributed by atoms with van der Waals surface area (Å²) in [6, 6.07) is 4.91. The summed E-state index contributed by atoms with van der Waals surface area (Å²) in [5, 5.41) is 3.18. The van der Waals surface area contributed by atoms with Crippen LogP contribution in [0.3, 0.4) is 0 Å². The van der Waals surface area contributed by atoms with Gasteiger partial charge in [0.2, 0.25) is 0 Å². The lowest BCUT2D eigenvalue weighted by Gasteiger charge is -2.14. The molecule has 0 aliphatic carbocycles. The first kappa shape index (κ1) is 13.8. The number of nitrogens with two attached hydrogens (primary N) is 1. The zero-order valence-electron chi connectivity index (χ0n) is 10.5. The Morgan fingerprint density at radius 1 is 1.41 bits per heavy atom. The second-order valence-corrected chi connectivity index (χ2v) is 3.97. The van der Waals surface area contributed by atoms with E-state index in [1.807, 2.05) is 13.0 Å². The van der Waals surface area contributed by atoms with Crippen molar-refractivity contribution >= 4 is 5.69 Å². The van der Waals surface area contributed by atoms with Gasteiger partial charge in [0.05, 0.1) is 6.61 Å². The minimum absolute atomic E-state index is 0.295.